The van der Waals surface area contributed by atoms with E-state index in [0.29, 0.717) is 32.7 Å². The molecule has 0 radical (unpaired) electrons. The van der Waals surface area contributed by atoms with Crippen molar-refractivity contribution in [2.45, 2.75) is 32.2 Å². The zero-order chi connectivity index (χ0) is 17.5. The fraction of sp³-hybridized carbons (Fsp3) is 0.611. The van der Waals surface area contributed by atoms with Crippen LogP contribution in [0.15, 0.2) is 18.3 Å². The fourth-order valence-corrected chi connectivity index (χ4v) is 3.26. The Balaban J connectivity index is 1.56. The Morgan fingerprint density at radius 2 is 2.04 bits per heavy atom. The molecule has 7 heteroatoms. The number of morpholine rings is 1. The minimum atomic E-state index is -0.118. The first kappa shape index (κ1) is 17.7. The van der Waals surface area contributed by atoms with E-state index in [0.717, 1.165) is 43.7 Å². The van der Waals surface area contributed by atoms with Crippen LogP contribution in [0.25, 0.3) is 0 Å². The number of amides is 2. The van der Waals surface area contributed by atoms with Gasteiger partial charge in [0.15, 0.2) is 0 Å². The highest BCUT2D eigenvalue weighted by molar-refractivity contribution is 5.84. The van der Waals surface area contributed by atoms with Gasteiger partial charge in [-0.05, 0) is 18.9 Å². The predicted octanol–water partition coefficient (Wildman–Crippen LogP) is 0.937. The molecule has 3 heterocycles. The van der Waals surface area contributed by atoms with Crippen LogP contribution >= 0.6 is 0 Å². The molecule has 0 bridgehead atoms. The second-order valence-electron chi connectivity index (χ2n) is 6.49. The third-order valence-electron chi connectivity index (χ3n) is 4.66. The third-order valence-corrected chi connectivity index (χ3v) is 4.66. The van der Waals surface area contributed by atoms with Crippen LogP contribution in [0.4, 0.5) is 5.82 Å². The summed E-state index contributed by atoms with van der Waals surface area (Å²) in [5.41, 5.74) is 0.986. The molecule has 0 atom stereocenters. The highest BCUT2D eigenvalue weighted by atomic mass is 16.5. The van der Waals surface area contributed by atoms with Crippen LogP contribution in [0.5, 0.6) is 0 Å². The lowest BCUT2D eigenvalue weighted by Gasteiger charge is -2.29. The summed E-state index contributed by atoms with van der Waals surface area (Å²) >= 11 is 0. The summed E-state index contributed by atoms with van der Waals surface area (Å²) in [6, 6.07) is 3.86. The maximum atomic E-state index is 12.3. The quantitative estimate of drug-likeness (QED) is 0.859. The van der Waals surface area contributed by atoms with Crippen LogP contribution in [0.3, 0.4) is 0 Å². The largest absolute Gasteiger partial charge is 0.378 e. The summed E-state index contributed by atoms with van der Waals surface area (Å²) in [6.45, 7) is 4.24. The molecule has 0 saturated carbocycles. The van der Waals surface area contributed by atoms with Crippen LogP contribution in [-0.4, -0.2) is 61.1 Å². The normalized spacial score (nSPS) is 18.8. The number of anilines is 1. The van der Waals surface area contributed by atoms with E-state index >= 15 is 0 Å². The van der Waals surface area contributed by atoms with Crippen molar-refractivity contribution in [1.29, 1.82) is 0 Å². The molecular weight excluding hydrogens is 320 g/mol. The van der Waals surface area contributed by atoms with Gasteiger partial charge in [-0.3, -0.25) is 9.59 Å². The number of carbonyl (C=O) groups is 2. The van der Waals surface area contributed by atoms with Gasteiger partial charge in [0.2, 0.25) is 11.8 Å². The number of nitrogens with zero attached hydrogens (tertiary/aromatic N) is 3. The van der Waals surface area contributed by atoms with Crippen LogP contribution in [0.1, 0.15) is 31.2 Å². The highest BCUT2D eigenvalue weighted by Gasteiger charge is 2.20. The molecule has 2 fully saturated rings. The second-order valence-corrected chi connectivity index (χ2v) is 6.49. The number of nitrogens with one attached hydrogen (secondary N) is 1. The maximum absolute atomic E-state index is 12.3. The average Bonchev–Trinajstić information content (AvgIpc) is 2.85. The lowest BCUT2D eigenvalue weighted by Crippen LogP contribution is -2.41. The van der Waals surface area contributed by atoms with Crippen molar-refractivity contribution in [3.05, 3.63) is 23.9 Å². The molecule has 1 N–H and O–H groups in total. The second kappa shape index (κ2) is 8.80. The monoisotopic (exact) mass is 346 g/mol. The first-order valence-corrected chi connectivity index (χ1v) is 9.05. The van der Waals surface area contributed by atoms with E-state index in [1.807, 2.05) is 12.1 Å². The average molecular weight is 346 g/mol. The van der Waals surface area contributed by atoms with Gasteiger partial charge in [-0.25, -0.2) is 4.98 Å². The van der Waals surface area contributed by atoms with Crippen molar-refractivity contribution in [1.82, 2.24) is 15.2 Å². The van der Waals surface area contributed by atoms with E-state index in [1.54, 1.807) is 11.1 Å². The number of pyridine rings is 1. The summed E-state index contributed by atoms with van der Waals surface area (Å²) in [5.74, 6) is 0.868. The summed E-state index contributed by atoms with van der Waals surface area (Å²) in [4.78, 5) is 32.6. The third kappa shape index (κ3) is 4.92. The molecule has 0 unspecified atom stereocenters. The van der Waals surface area contributed by atoms with Crippen molar-refractivity contribution >= 4 is 17.6 Å². The minimum Gasteiger partial charge on any atom is -0.378 e. The van der Waals surface area contributed by atoms with Gasteiger partial charge in [-0.2, -0.15) is 0 Å². The van der Waals surface area contributed by atoms with E-state index in [-0.39, 0.29) is 18.4 Å². The van der Waals surface area contributed by atoms with E-state index < -0.39 is 0 Å². The molecule has 2 amide bonds. The van der Waals surface area contributed by atoms with E-state index in [2.05, 4.69) is 15.2 Å². The first-order valence-electron chi connectivity index (χ1n) is 9.05. The van der Waals surface area contributed by atoms with Gasteiger partial charge in [-0.15, -0.1) is 0 Å². The van der Waals surface area contributed by atoms with Crippen LogP contribution in [0.2, 0.25) is 0 Å². The maximum Gasteiger partial charge on any atom is 0.239 e. The van der Waals surface area contributed by atoms with E-state index in [1.165, 1.54) is 0 Å². The molecule has 1 aromatic heterocycles. The SMILES string of the molecule is O=C(CN1CCCCCC1=O)NCc1cccnc1N1CCOCC1. The molecule has 25 heavy (non-hydrogen) atoms. The molecule has 7 nitrogen and oxygen atoms in total. The summed E-state index contributed by atoms with van der Waals surface area (Å²) < 4.78 is 5.39. The summed E-state index contributed by atoms with van der Waals surface area (Å²) in [6.07, 6.45) is 5.28. The predicted molar refractivity (Wildman–Crippen MR) is 94.2 cm³/mol. The van der Waals surface area contributed by atoms with Gasteiger partial charge in [0.25, 0.3) is 0 Å². The van der Waals surface area contributed by atoms with E-state index in [4.69, 9.17) is 4.74 Å². The van der Waals surface area contributed by atoms with Crippen LogP contribution in [-0.2, 0) is 20.9 Å². The summed E-state index contributed by atoms with van der Waals surface area (Å²) in [7, 11) is 0. The molecule has 1 aromatic rings. The first-order chi connectivity index (χ1) is 12.2. The molecule has 0 aromatic carbocycles. The van der Waals surface area contributed by atoms with Crippen molar-refractivity contribution in [3.8, 4) is 0 Å². The molecular formula is C18H26N4O3. The van der Waals surface area contributed by atoms with Crippen molar-refractivity contribution in [2.75, 3.05) is 44.3 Å². The number of rotatable bonds is 5. The number of ether oxygens (including phenoxy) is 1. The molecule has 0 aliphatic carbocycles. The molecule has 2 saturated heterocycles. The molecule has 2 aliphatic rings. The Labute approximate surface area is 148 Å². The van der Waals surface area contributed by atoms with Crippen molar-refractivity contribution in [2.24, 2.45) is 0 Å². The number of hydrogen-bond acceptors (Lipinski definition) is 5. The lowest BCUT2D eigenvalue weighted by molar-refractivity contribution is -0.135. The Hall–Kier alpha value is -2.15. The van der Waals surface area contributed by atoms with Gasteiger partial charge in [0.1, 0.15) is 5.82 Å². The van der Waals surface area contributed by atoms with E-state index in [9.17, 15) is 9.59 Å². The molecule has 136 valence electrons. The topological polar surface area (TPSA) is 74.8 Å². The van der Waals surface area contributed by atoms with Gasteiger partial charge in [-0.1, -0.05) is 12.5 Å². The Bertz CT molecular complexity index is 602. The highest BCUT2D eigenvalue weighted by Crippen LogP contribution is 2.18. The number of hydrogen-bond donors (Lipinski definition) is 1. The standard InChI is InChI=1S/C18H26N4O3/c23-16(14-22-8-3-1-2-6-17(22)24)20-13-15-5-4-7-19-18(15)21-9-11-25-12-10-21/h4-5,7H,1-3,6,8-14H2,(H,20,23). The fourth-order valence-electron chi connectivity index (χ4n) is 3.26. The lowest BCUT2D eigenvalue weighted by atomic mass is 10.2. The molecule has 2 aliphatic heterocycles. The Morgan fingerprint density at radius 1 is 1.20 bits per heavy atom. The van der Waals surface area contributed by atoms with Gasteiger partial charge >= 0.3 is 0 Å². The number of aromatic nitrogens is 1. The van der Waals surface area contributed by atoms with Crippen molar-refractivity contribution < 1.29 is 14.3 Å². The van der Waals surface area contributed by atoms with Gasteiger partial charge in [0.05, 0.1) is 19.8 Å². The molecule has 0 spiro atoms. The summed E-state index contributed by atoms with van der Waals surface area (Å²) in [5, 5.41) is 2.94. The number of likely N-dealkylation sites (tertiary alicyclic amines) is 1. The minimum absolute atomic E-state index is 0.0861. The molecule has 3 rings (SSSR count). The Kier molecular flexibility index (Phi) is 6.22. The number of carbonyl (C=O) groups excluding carboxylic acids is 2. The van der Waals surface area contributed by atoms with Crippen LogP contribution < -0.4 is 10.2 Å². The van der Waals surface area contributed by atoms with Gasteiger partial charge in [0, 0.05) is 44.4 Å². The van der Waals surface area contributed by atoms with Crippen LogP contribution in [0, 0.1) is 0 Å². The smallest absolute Gasteiger partial charge is 0.239 e. The van der Waals surface area contributed by atoms with Gasteiger partial charge < -0.3 is 19.9 Å². The zero-order valence-corrected chi connectivity index (χ0v) is 14.6. The Morgan fingerprint density at radius 3 is 2.88 bits per heavy atom. The zero-order valence-electron chi connectivity index (χ0n) is 14.6. The van der Waals surface area contributed by atoms with Crippen molar-refractivity contribution in [3.63, 3.8) is 0 Å².